The quantitative estimate of drug-likeness (QED) is 0.687. The molecule has 0 amide bonds. The summed E-state index contributed by atoms with van der Waals surface area (Å²) < 4.78 is 12.0. The summed E-state index contributed by atoms with van der Waals surface area (Å²) >= 11 is 0. The maximum atomic E-state index is 12.0. The van der Waals surface area contributed by atoms with E-state index < -0.39 is 10.8 Å². The Morgan fingerprint density at radius 1 is 0.643 bits per heavy atom. The Hall–Kier alpha value is -1.41. The molecule has 0 radical (unpaired) electrons. The maximum absolute atomic E-state index is 12.0. The van der Waals surface area contributed by atoms with Crippen molar-refractivity contribution in [3.05, 3.63) is 60.7 Å². The zero-order valence-corrected chi connectivity index (χ0v) is 8.41. The molecule has 2 rings (SSSR count). The summed E-state index contributed by atoms with van der Waals surface area (Å²) in [4.78, 5) is 1.69. The first-order valence-electron chi connectivity index (χ1n) is 4.40. The van der Waals surface area contributed by atoms with Crippen molar-refractivity contribution in [2.45, 2.75) is 9.79 Å². The van der Waals surface area contributed by atoms with Crippen LogP contribution in [0, 0.1) is 0 Å². The van der Waals surface area contributed by atoms with Gasteiger partial charge in [-0.05, 0) is 24.3 Å². The van der Waals surface area contributed by atoms with Crippen LogP contribution in [0.3, 0.4) is 0 Å². The summed E-state index contributed by atoms with van der Waals surface area (Å²) in [5, 5.41) is 0. The van der Waals surface area contributed by atoms with Crippen LogP contribution in [0.4, 0.5) is 0 Å². The summed E-state index contributed by atoms with van der Waals surface area (Å²) in [7, 11) is -1.05. The van der Waals surface area contributed by atoms with Gasteiger partial charge >= 0.3 is 0 Å². The monoisotopic (exact) mass is 204 g/mol. The Bertz CT molecular complexity index is 381. The Kier molecular flexibility index (Phi) is 2.75. The molecule has 0 heterocycles. The fourth-order valence-electron chi connectivity index (χ4n) is 1.22. The molecule has 0 atom stereocenters. The molecule has 1 nitrogen and oxygen atoms in total. The number of benzene rings is 2. The molecule has 0 aliphatic rings. The lowest BCUT2D eigenvalue weighted by Gasteiger charge is -2.00. The molecule has 0 saturated heterocycles. The highest BCUT2D eigenvalue weighted by atomic mass is 32.2. The van der Waals surface area contributed by atoms with Crippen LogP contribution in [-0.4, -0.2) is 4.21 Å². The molecule has 0 unspecified atom stereocenters. The van der Waals surface area contributed by atoms with Crippen LogP contribution >= 0.6 is 0 Å². The van der Waals surface area contributed by atoms with E-state index in [0.717, 1.165) is 9.79 Å². The van der Waals surface area contributed by atoms with E-state index in [9.17, 15) is 4.21 Å². The van der Waals surface area contributed by atoms with E-state index in [1.165, 1.54) is 0 Å². The third-order valence-corrected chi connectivity index (χ3v) is 3.32. The molecule has 2 aromatic carbocycles. The van der Waals surface area contributed by atoms with E-state index in [1.807, 2.05) is 60.7 Å². The molecular weight excluding hydrogens is 194 g/mol. The fraction of sp³-hybridized carbons (Fsp3) is 0. The van der Waals surface area contributed by atoms with Crippen molar-refractivity contribution in [3.63, 3.8) is 0 Å². The van der Waals surface area contributed by atoms with Crippen LogP contribution in [-0.2, 0) is 10.8 Å². The molecule has 0 bridgehead atoms. The Labute approximate surface area is 85.9 Å². The molecule has 14 heavy (non-hydrogen) atoms. The van der Waals surface area contributed by atoms with Crippen LogP contribution in [0.15, 0.2) is 70.5 Å². The summed E-state index contributed by atoms with van der Waals surface area (Å²) in [5.41, 5.74) is 0. The number of hydrogen-bond donors (Lipinski definition) is 0. The van der Waals surface area contributed by atoms with Crippen molar-refractivity contribution in [2.75, 3.05) is 0 Å². The van der Waals surface area contributed by atoms with E-state index in [0.29, 0.717) is 0 Å². The Balaban J connectivity index is 2.35. The van der Waals surface area contributed by atoms with E-state index in [-0.39, 0.29) is 0 Å². The van der Waals surface area contributed by atoms with Gasteiger partial charge in [-0.3, -0.25) is 0 Å². The zero-order chi connectivity index (χ0) is 9.80. The largest absolute Gasteiger partial charge is 0.249 e. The third kappa shape index (κ3) is 1.91. The molecule has 0 aliphatic heterocycles. The highest BCUT2D eigenvalue weighted by Gasteiger charge is 2.04. The SMILES string of the molecule is [18O]=S(c1ccccc1)c1ccccc1. The van der Waals surface area contributed by atoms with Gasteiger partial charge in [0.15, 0.2) is 0 Å². The number of hydrogen-bond acceptors (Lipinski definition) is 1. The average Bonchev–Trinajstić information content (AvgIpc) is 2.30. The van der Waals surface area contributed by atoms with E-state index in [1.54, 1.807) is 0 Å². The lowest BCUT2D eigenvalue weighted by molar-refractivity contribution is 0.683. The van der Waals surface area contributed by atoms with Gasteiger partial charge < -0.3 is 0 Å². The average molecular weight is 204 g/mol. The fourth-order valence-corrected chi connectivity index (χ4v) is 2.31. The minimum Gasteiger partial charge on any atom is -0.249 e. The van der Waals surface area contributed by atoms with Gasteiger partial charge in [0, 0.05) is 9.79 Å². The van der Waals surface area contributed by atoms with Crippen molar-refractivity contribution in [3.8, 4) is 0 Å². The van der Waals surface area contributed by atoms with Crippen molar-refractivity contribution >= 4 is 10.8 Å². The number of rotatable bonds is 2. The normalized spacial score (nSPS) is 10.4. The summed E-state index contributed by atoms with van der Waals surface area (Å²) in [5.74, 6) is 0. The van der Waals surface area contributed by atoms with Gasteiger partial charge in [0.05, 0.1) is 10.8 Å². The van der Waals surface area contributed by atoms with Gasteiger partial charge in [0.2, 0.25) is 0 Å². The molecule has 0 aromatic heterocycles. The maximum Gasteiger partial charge on any atom is 0.0849 e. The first-order valence-corrected chi connectivity index (χ1v) is 5.55. The molecule has 0 N–H and O–H groups in total. The van der Waals surface area contributed by atoms with Crippen LogP contribution in [0.5, 0.6) is 0 Å². The highest BCUT2D eigenvalue weighted by molar-refractivity contribution is 7.85. The Morgan fingerprint density at radius 2 is 1.00 bits per heavy atom. The van der Waals surface area contributed by atoms with Gasteiger partial charge in [0.25, 0.3) is 0 Å². The topological polar surface area (TPSA) is 17.1 Å². The van der Waals surface area contributed by atoms with E-state index in [4.69, 9.17) is 0 Å². The van der Waals surface area contributed by atoms with Crippen LogP contribution in [0.25, 0.3) is 0 Å². The van der Waals surface area contributed by atoms with E-state index in [2.05, 4.69) is 0 Å². The smallest absolute Gasteiger partial charge is 0.0849 e. The molecule has 2 aromatic rings. The van der Waals surface area contributed by atoms with E-state index >= 15 is 0 Å². The lowest BCUT2D eigenvalue weighted by Crippen LogP contribution is -1.91. The molecular formula is C12H10OS. The van der Waals surface area contributed by atoms with Gasteiger partial charge in [0.1, 0.15) is 0 Å². The predicted octanol–water partition coefficient (Wildman–Crippen LogP) is 2.85. The van der Waals surface area contributed by atoms with Crippen molar-refractivity contribution in [2.24, 2.45) is 0 Å². The minimum absolute atomic E-state index is 0.846. The van der Waals surface area contributed by atoms with Crippen molar-refractivity contribution in [1.82, 2.24) is 0 Å². The van der Waals surface area contributed by atoms with Crippen LogP contribution < -0.4 is 0 Å². The second-order valence-electron chi connectivity index (χ2n) is 2.89. The minimum atomic E-state index is -1.05. The van der Waals surface area contributed by atoms with Gasteiger partial charge in [-0.2, -0.15) is 0 Å². The zero-order valence-electron chi connectivity index (χ0n) is 7.59. The lowest BCUT2D eigenvalue weighted by atomic mass is 10.4. The van der Waals surface area contributed by atoms with Gasteiger partial charge in [-0.15, -0.1) is 0 Å². The molecule has 2 heteroatoms. The molecule has 0 fully saturated rings. The first-order chi connectivity index (χ1) is 6.88. The second kappa shape index (κ2) is 4.20. The highest BCUT2D eigenvalue weighted by Crippen LogP contribution is 2.14. The predicted molar refractivity (Wildman–Crippen MR) is 57.6 cm³/mol. The standard InChI is InChI=1S/C12H10OS/c13-14(11-7-3-1-4-8-11)12-9-5-2-6-10-12/h1-10H/i13+2. The van der Waals surface area contributed by atoms with Crippen LogP contribution in [0.2, 0.25) is 0 Å². The molecule has 0 spiro atoms. The summed E-state index contributed by atoms with van der Waals surface area (Å²) in [6.07, 6.45) is 0. The van der Waals surface area contributed by atoms with Gasteiger partial charge in [-0.1, -0.05) is 36.4 Å². The van der Waals surface area contributed by atoms with Crippen LogP contribution in [0.1, 0.15) is 0 Å². The molecule has 0 aliphatic carbocycles. The summed E-state index contributed by atoms with van der Waals surface area (Å²) in [6.45, 7) is 0. The Morgan fingerprint density at radius 3 is 1.36 bits per heavy atom. The molecule has 70 valence electrons. The van der Waals surface area contributed by atoms with Crippen molar-refractivity contribution in [1.29, 1.82) is 0 Å². The van der Waals surface area contributed by atoms with Crippen molar-refractivity contribution < 1.29 is 4.21 Å². The summed E-state index contributed by atoms with van der Waals surface area (Å²) in [6, 6.07) is 19.0. The van der Waals surface area contributed by atoms with Gasteiger partial charge in [-0.25, -0.2) is 4.21 Å². The second-order valence-corrected chi connectivity index (χ2v) is 4.38. The third-order valence-electron chi connectivity index (χ3n) is 1.91. The molecule has 0 saturated carbocycles. The first kappa shape index (κ1) is 9.16.